The molecule has 2 aromatic rings. The SMILES string of the molecule is Cc1ccccc1NC(=O)N1C(=O)CCC1C(=O)NCc1ccc(Cl)cc1Cl. The number of para-hydroxylation sites is 1. The molecule has 146 valence electrons. The summed E-state index contributed by atoms with van der Waals surface area (Å²) in [6.07, 6.45) is 0.418. The maximum atomic E-state index is 12.6. The van der Waals surface area contributed by atoms with Gasteiger partial charge in [-0.15, -0.1) is 0 Å². The molecule has 1 aliphatic rings. The zero-order valence-electron chi connectivity index (χ0n) is 15.2. The van der Waals surface area contributed by atoms with Crippen LogP contribution in [0.4, 0.5) is 10.5 Å². The highest BCUT2D eigenvalue weighted by Crippen LogP contribution is 2.23. The Balaban J connectivity index is 1.68. The molecule has 4 amide bonds. The number of nitrogens with zero attached hydrogens (tertiary/aromatic N) is 1. The van der Waals surface area contributed by atoms with E-state index in [0.29, 0.717) is 21.3 Å². The van der Waals surface area contributed by atoms with Crippen molar-refractivity contribution in [1.82, 2.24) is 10.2 Å². The van der Waals surface area contributed by atoms with Crippen LogP contribution in [-0.2, 0) is 16.1 Å². The van der Waals surface area contributed by atoms with Crippen molar-refractivity contribution in [2.75, 3.05) is 5.32 Å². The molecule has 0 radical (unpaired) electrons. The summed E-state index contributed by atoms with van der Waals surface area (Å²) >= 11 is 12.0. The van der Waals surface area contributed by atoms with Gasteiger partial charge in [-0.3, -0.25) is 14.5 Å². The van der Waals surface area contributed by atoms with Gasteiger partial charge < -0.3 is 10.6 Å². The lowest BCUT2D eigenvalue weighted by molar-refractivity contribution is -0.132. The zero-order valence-corrected chi connectivity index (χ0v) is 16.7. The van der Waals surface area contributed by atoms with Crippen molar-refractivity contribution in [2.45, 2.75) is 32.4 Å². The van der Waals surface area contributed by atoms with Crippen LogP contribution < -0.4 is 10.6 Å². The molecule has 1 unspecified atom stereocenters. The third-order valence-electron chi connectivity index (χ3n) is 4.59. The van der Waals surface area contributed by atoms with Gasteiger partial charge in [0.1, 0.15) is 6.04 Å². The number of amides is 4. The predicted molar refractivity (Wildman–Crippen MR) is 108 cm³/mol. The Labute approximate surface area is 172 Å². The number of benzene rings is 2. The largest absolute Gasteiger partial charge is 0.350 e. The molecular formula is C20H19Cl2N3O3. The molecule has 0 spiro atoms. The first-order chi connectivity index (χ1) is 13.4. The van der Waals surface area contributed by atoms with Gasteiger partial charge in [0.15, 0.2) is 0 Å². The van der Waals surface area contributed by atoms with E-state index in [4.69, 9.17) is 23.2 Å². The van der Waals surface area contributed by atoms with Gasteiger partial charge in [0.2, 0.25) is 11.8 Å². The number of carbonyl (C=O) groups excluding carboxylic acids is 3. The summed E-state index contributed by atoms with van der Waals surface area (Å²) in [5, 5.41) is 6.38. The molecular weight excluding hydrogens is 401 g/mol. The van der Waals surface area contributed by atoms with Crippen molar-refractivity contribution in [3.05, 3.63) is 63.6 Å². The lowest BCUT2D eigenvalue weighted by Crippen LogP contribution is -2.49. The first kappa shape index (κ1) is 20.2. The van der Waals surface area contributed by atoms with Crippen LogP contribution in [0.2, 0.25) is 10.0 Å². The van der Waals surface area contributed by atoms with Crippen LogP contribution >= 0.6 is 23.2 Å². The van der Waals surface area contributed by atoms with Crippen LogP contribution in [0.15, 0.2) is 42.5 Å². The van der Waals surface area contributed by atoms with Gasteiger partial charge in [-0.1, -0.05) is 47.5 Å². The molecule has 1 saturated heterocycles. The Kier molecular flexibility index (Phi) is 6.21. The normalized spacial score (nSPS) is 16.2. The van der Waals surface area contributed by atoms with E-state index in [-0.39, 0.29) is 25.3 Å². The van der Waals surface area contributed by atoms with Crippen molar-refractivity contribution in [2.24, 2.45) is 0 Å². The lowest BCUT2D eigenvalue weighted by Gasteiger charge is -2.23. The van der Waals surface area contributed by atoms with Crippen LogP contribution in [0, 0.1) is 6.92 Å². The summed E-state index contributed by atoms with van der Waals surface area (Å²) < 4.78 is 0. The Morgan fingerprint density at radius 2 is 1.93 bits per heavy atom. The number of hydrogen-bond donors (Lipinski definition) is 2. The van der Waals surface area contributed by atoms with E-state index in [2.05, 4.69) is 10.6 Å². The highest BCUT2D eigenvalue weighted by atomic mass is 35.5. The summed E-state index contributed by atoms with van der Waals surface area (Å²) in [6.45, 7) is 2.02. The van der Waals surface area contributed by atoms with Gasteiger partial charge in [0.25, 0.3) is 0 Å². The van der Waals surface area contributed by atoms with Gasteiger partial charge in [-0.25, -0.2) is 4.79 Å². The monoisotopic (exact) mass is 419 g/mol. The van der Waals surface area contributed by atoms with E-state index in [1.807, 2.05) is 19.1 Å². The van der Waals surface area contributed by atoms with Crippen LogP contribution in [0.3, 0.4) is 0 Å². The molecule has 1 aliphatic heterocycles. The van der Waals surface area contributed by atoms with E-state index >= 15 is 0 Å². The van der Waals surface area contributed by atoms with E-state index in [9.17, 15) is 14.4 Å². The molecule has 1 fully saturated rings. The average Bonchev–Trinajstić information content (AvgIpc) is 3.04. The van der Waals surface area contributed by atoms with Gasteiger partial charge in [-0.2, -0.15) is 0 Å². The number of urea groups is 1. The highest BCUT2D eigenvalue weighted by molar-refractivity contribution is 6.35. The lowest BCUT2D eigenvalue weighted by atomic mass is 10.2. The molecule has 1 heterocycles. The smallest absolute Gasteiger partial charge is 0.329 e. The summed E-state index contributed by atoms with van der Waals surface area (Å²) in [4.78, 5) is 38.5. The quantitative estimate of drug-likeness (QED) is 0.781. The fourth-order valence-corrected chi connectivity index (χ4v) is 3.52. The first-order valence-electron chi connectivity index (χ1n) is 8.77. The van der Waals surface area contributed by atoms with E-state index in [1.54, 1.807) is 30.3 Å². The van der Waals surface area contributed by atoms with E-state index in [1.165, 1.54) is 0 Å². The molecule has 2 N–H and O–H groups in total. The number of imide groups is 1. The first-order valence-corrected chi connectivity index (χ1v) is 9.52. The minimum Gasteiger partial charge on any atom is -0.350 e. The number of nitrogens with one attached hydrogen (secondary N) is 2. The number of likely N-dealkylation sites (tertiary alicyclic amines) is 1. The number of hydrogen-bond acceptors (Lipinski definition) is 3. The second-order valence-corrected chi connectivity index (χ2v) is 7.36. The van der Waals surface area contributed by atoms with E-state index in [0.717, 1.165) is 10.5 Å². The number of halogens is 2. The fourth-order valence-electron chi connectivity index (χ4n) is 3.04. The minimum atomic E-state index is -0.859. The van der Waals surface area contributed by atoms with Crippen molar-refractivity contribution in [3.8, 4) is 0 Å². The zero-order chi connectivity index (χ0) is 20.3. The third kappa shape index (κ3) is 4.46. The molecule has 28 heavy (non-hydrogen) atoms. The van der Waals surface area contributed by atoms with Crippen molar-refractivity contribution >= 4 is 46.7 Å². The standard InChI is InChI=1S/C20H19Cl2N3O3/c1-12-4-2-3-5-16(12)24-20(28)25-17(8-9-18(25)26)19(27)23-11-13-6-7-14(21)10-15(13)22/h2-7,10,17H,8-9,11H2,1H3,(H,23,27)(H,24,28). The number of carbonyl (C=O) groups is 3. The summed E-state index contributed by atoms with van der Waals surface area (Å²) in [5.74, 6) is -0.785. The van der Waals surface area contributed by atoms with E-state index < -0.39 is 18.0 Å². The molecule has 3 rings (SSSR count). The molecule has 0 saturated carbocycles. The number of aryl methyl sites for hydroxylation is 1. The maximum absolute atomic E-state index is 12.6. The average molecular weight is 420 g/mol. The third-order valence-corrected chi connectivity index (χ3v) is 5.18. The predicted octanol–water partition coefficient (Wildman–Crippen LogP) is 4.14. The summed E-state index contributed by atoms with van der Waals surface area (Å²) in [6, 6.07) is 10.7. The Bertz CT molecular complexity index is 933. The van der Waals surface area contributed by atoms with Crippen LogP contribution in [0.1, 0.15) is 24.0 Å². The van der Waals surface area contributed by atoms with Crippen molar-refractivity contribution < 1.29 is 14.4 Å². The Hall–Kier alpha value is -2.57. The van der Waals surface area contributed by atoms with Gasteiger partial charge in [-0.05, 0) is 42.7 Å². The van der Waals surface area contributed by atoms with Gasteiger partial charge >= 0.3 is 6.03 Å². The van der Waals surface area contributed by atoms with Crippen LogP contribution in [-0.4, -0.2) is 28.8 Å². The minimum absolute atomic E-state index is 0.140. The maximum Gasteiger partial charge on any atom is 0.329 e. The second-order valence-electron chi connectivity index (χ2n) is 6.52. The van der Waals surface area contributed by atoms with Gasteiger partial charge in [0.05, 0.1) is 0 Å². The van der Waals surface area contributed by atoms with Crippen LogP contribution in [0.25, 0.3) is 0 Å². The summed E-state index contributed by atoms with van der Waals surface area (Å²) in [7, 11) is 0. The Morgan fingerprint density at radius 3 is 2.64 bits per heavy atom. The number of rotatable bonds is 4. The summed E-state index contributed by atoms with van der Waals surface area (Å²) in [5.41, 5.74) is 2.15. The molecule has 6 nitrogen and oxygen atoms in total. The number of anilines is 1. The molecule has 0 aliphatic carbocycles. The molecule has 2 aromatic carbocycles. The van der Waals surface area contributed by atoms with Crippen molar-refractivity contribution in [3.63, 3.8) is 0 Å². The molecule has 8 heteroatoms. The highest BCUT2D eigenvalue weighted by Gasteiger charge is 2.40. The Morgan fingerprint density at radius 1 is 1.18 bits per heavy atom. The fraction of sp³-hybridized carbons (Fsp3) is 0.250. The molecule has 0 aromatic heterocycles. The van der Waals surface area contributed by atoms with Crippen LogP contribution in [0.5, 0.6) is 0 Å². The second kappa shape index (κ2) is 8.63. The topological polar surface area (TPSA) is 78.5 Å². The van der Waals surface area contributed by atoms with Gasteiger partial charge in [0, 0.05) is 28.7 Å². The van der Waals surface area contributed by atoms with Crippen molar-refractivity contribution in [1.29, 1.82) is 0 Å². The molecule has 0 bridgehead atoms. The molecule has 1 atom stereocenters.